The van der Waals surface area contributed by atoms with Gasteiger partial charge in [-0.25, -0.2) is 9.37 Å². The molecule has 0 saturated carbocycles. The molecule has 0 saturated heterocycles. The van der Waals surface area contributed by atoms with E-state index in [9.17, 15) is 4.39 Å². The van der Waals surface area contributed by atoms with Gasteiger partial charge in [0.15, 0.2) is 12.2 Å². The number of benzene rings is 1. The molecule has 0 unspecified atom stereocenters. The highest BCUT2D eigenvalue weighted by Gasteiger charge is 2.13. The first-order chi connectivity index (χ1) is 7.22. The second-order valence-electron chi connectivity index (χ2n) is 2.96. The normalized spacial score (nSPS) is 10.6. The van der Waals surface area contributed by atoms with Crippen molar-refractivity contribution in [3.05, 3.63) is 40.6 Å². The van der Waals surface area contributed by atoms with Crippen molar-refractivity contribution in [2.24, 2.45) is 5.73 Å². The summed E-state index contributed by atoms with van der Waals surface area (Å²) in [6, 6.07) is 4.36. The predicted molar refractivity (Wildman–Crippen MR) is 57.5 cm³/mol. The molecular formula is C10H8BrFN2O. The van der Waals surface area contributed by atoms with Crippen LogP contribution in [0.3, 0.4) is 0 Å². The van der Waals surface area contributed by atoms with Crippen molar-refractivity contribution in [1.82, 2.24) is 4.98 Å². The van der Waals surface area contributed by atoms with E-state index in [-0.39, 0.29) is 12.4 Å². The molecule has 2 rings (SSSR count). The summed E-state index contributed by atoms with van der Waals surface area (Å²) in [5.41, 5.74) is 6.72. The fourth-order valence-electron chi connectivity index (χ4n) is 1.31. The van der Waals surface area contributed by atoms with Crippen molar-refractivity contribution in [3.63, 3.8) is 0 Å². The van der Waals surface area contributed by atoms with Crippen LogP contribution in [0, 0.1) is 5.82 Å². The molecule has 78 valence electrons. The first-order valence-corrected chi connectivity index (χ1v) is 5.09. The van der Waals surface area contributed by atoms with Gasteiger partial charge in [-0.3, -0.25) is 0 Å². The summed E-state index contributed by atoms with van der Waals surface area (Å²) < 4.78 is 19.0. The molecule has 1 aromatic carbocycles. The van der Waals surface area contributed by atoms with Crippen molar-refractivity contribution < 1.29 is 8.81 Å². The Labute approximate surface area is 94.2 Å². The summed E-state index contributed by atoms with van der Waals surface area (Å²) >= 11 is 3.32. The van der Waals surface area contributed by atoms with Crippen molar-refractivity contribution in [3.8, 4) is 11.3 Å². The van der Waals surface area contributed by atoms with E-state index >= 15 is 0 Å². The molecule has 0 bridgehead atoms. The Morgan fingerprint density at radius 3 is 3.00 bits per heavy atom. The van der Waals surface area contributed by atoms with Gasteiger partial charge in [0.2, 0.25) is 0 Å². The van der Waals surface area contributed by atoms with E-state index in [1.807, 2.05) is 0 Å². The number of hydrogen-bond donors (Lipinski definition) is 1. The maximum atomic E-state index is 13.1. The Morgan fingerprint density at radius 2 is 2.27 bits per heavy atom. The Bertz CT molecular complexity index is 484. The van der Waals surface area contributed by atoms with Gasteiger partial charge in [0, 0.05) is 16.6 Å². The zero-order valence-electron chi connectivity index (χ0n) is 7.71. The van der Waals surface area contributed by atoms with Gasteiger partial charge in [0.05, 0.1) is 0 Å². The Balaban J connectivity index is 2.58. The molecule has 1 aromatic heterocycles. The second-order valence-corrected chi connectivity index (χ2v) is 3.81. The lowest BCUT2D eigenvalue weighted by molar-refractivity contribution is 0.568. The molecule has 5 heteroatoms. The Morgan fingerprint density at radius 1 is 1.47 bits per heavy atom. The first-order valence-electron chi connectivity index (χ1n) is 4.30. The molecule has 1 heterocycles. The number of halogens is 2. The number of rotatable bonds is 2. The third-order valence-electron chi connectivity index (χ3n) is 2.01. The lowest BCUT2D eigenvalue weighted by Gasteiger charge is -2.02. The van der Waals surface area contributed by atoms with Gasteiger partial charge >= 0.3 is 0 Å². The van der Waals surface area contributed by atoms with Crippen LogP contribution in [-0.4, -0.2) is 4.98 Å². The summed E-state index contributed by atoms with van der Waals surface area (Å²) in [6.45, 7) is 0.259. The van der Waals surface area contributed by atoms with Crippen LogP contribution < -0.4 is 5.73 Å². The van der Waals surface area contributed by atoms with Gasteiger partial charge in [0.25, 0.3) is 0 Å². The molecule has 3 nitrogen and oxygen atoms in total. The number of aromatic nitrogens is 1. The van der Waals surface area contributed by atoms with E-state index in [1.54, 1.807) is 6.07 Å². The zero-order chi connectivity index (χ0) is 10.8. The van der Waals surface area contributed by atoms with E-state index in [2.05, 4.69) is 20.9 Å². The van der Waals surface area contributed by atoms with E-state index < -0.39 is 0 Å². The Kier molecular flexibility index (Phi) is 2.83. The van der Waals surface area contributed by atoms with Crippen molar-refractivity contribution in [2.45, 2.75) is 6.54 Å². The molecule has 0 atom stereocenters. The van der Waals surface area contributed by atoms with Crippen LogP contribution in [0.15, 0.2) is 33.5 Å². The largest absolute Gasteiger partial charge is 0.443 e. The van der Waals surface area contributed by atoms with Gasteiger partial charge in [-0.15, -0.1) is 0 Å². The highest BCUT2D eigenvalue weighted by molar-refractivity contribution is 9.10. The topological polar surface area (TPSA) is 52.0 Å². The van der Waals surface area contributed by atoms with E-state index in [0.29, 0.717) is 17.0 Å². The first kappa shape index (κ1) is 10.3. The third kappa shape index (κ3) is 1.93. The maximum absolute atomic E-state index is 13.1. The summed E-state index contributed by atoms with van der Waals surface area (Å²) in [6.07, 6.45) is 1.30. The molecule has 0 radical (unpaired) electrons. The number of nitrogens with two attached hydrogens (primary N) is 1. The fraction of sp³-hybridized carbons (Fsp3) is 0.100. The van der Waals surface area contributed by atoms with Gasteiger partial charge in [-0.05, 0) is 18.2 Å². The van der Waals surface area contributed by atoms with Crippen molar-refractivity contribution in [2.75, 3.05) is 0 Å². The van der Waals surface area contributed by atoms with Crippen LogP contribution in [0.2, 0.25) is 0 Å². The number of hydrogen-bond acceptors (Lipinski definition) is 3. The maximum Gasteiger partial charge on any atom is 0.181 e. The standard InChI is InChI=1S/C10H8BrFN2O/c11-8-2-1-6(12)3-7(8)10-9(4-13)14-5-15-10/h1-3,5H,4,13H2. The lowest BCUT2D eigenvalue weighted by Crippen LogP contribution is -1.98. The van der Waals surface area contributed by atoms with Crippen LogP contribution in [0.25, 0.3) is 11.3 Å². The molecule has 0 aliphatic rings. The molecule has 2 aromatic rings. The fourth-order valence-corrected chi connectivity index (χ4v) is 1.73. The zero-order valence-corrected chi connectivity index (χ0v) is 9.29. The highest BCUT2D eigenvalue weighted by atomic mass is 79.9. The smallest absolute Gasteiger partial charge is 0.181 e. The molecule has 0 fully saturated rings. The third-order valence-corrected chi connectivity index (χ3v) is 2.70. The minimum absolute atomic E-state index is 0.259. The molecule has 0 aliphatic heterocycles. The van der Waals surface area contributed by atoms with E-state index in [0.717, 1.165) is 4.47 Å². The number of oxazole rings is 1. The second kappa shape index (κ2) is 4.12. The van der Waals surface area contributed by atoms with Gasteiger partial charge in [0.1, 0.15) is 11.5 Å². The minimum atomic E-state index is -0.326. The van der Waals surface area contributed by atoms with Gasteiger partial charge < -0.3 is 10.2 Å². The average molecular weight is 271 g/mol. The van der Waals surface area contributed by atoms with Crippen molar-refractivity contribution in [1.29, 1.82) is 0 Å². The van der Waals surface area contributed by atoms with Crippen LogP contribution in [0.5, 0.6) is 0 Å². The minimum Gasteiger partial charge on any atom is -0.443 e. The molecule has 0 aliphatic carbocycles. The molecule has 15 heavy (non-hydrogen) atoms. The van der Waals surface area contributed by atoms with Crippen molar-refractivity contribution >= 4 is 15.9 Å². The van der Waals surface area contributed by atoms with Gasteiger partial charge in [-0.1, -0.05) is 15.9 Å². The SMILES string of the molecule is NCc1ncoc1-c1cc(F)ccc1Br. The van der Waals surface area contributed by atoms with E-state index in [4.69, 9.17) is 10.2 Å². The molecule has 0 spiro atoms. The molecule has 2 N–H and O–H groups in total. The summed E-state index contributed by atoms with van der Waals surface area (Å²) in [5.74, 6) is 0.177. The summed E-state index contributed by atoms with van der Waals surface area (Å²) in [7, 11) is 0. The predicted octanol–water partition coefficient (Wildman–Crippen LogP) is 2.70. The average Bonchev–Trinajstić information content (AvgIpc) is 2.69. The summed E-state index contributed by atoms with van der Waals surface area (Å²) in [5, 5.41) is 0. The van der Waals surface area contributed by atoms with Crippen LogP contribution in [-0.2, 0) is 6.54 Å². The monoisotopic (exact) mass is 270 g/mol. The quantitative estimate of drug-likeness (QED) is 0.913. The van der Waals surface area contributed by atoms with E-state index in [1.165, 1.54) is 18.5 Å². The molecule has 0 amide bonds. The van der Waals surface area contributed by atoms with Crippen LogP contribution in [0.1, 0.15) is 5.69 Å². The molecular weight excluding hydrogens is 263 g/mol. The number of nitrogens with zero attached hydrogens (tertiary/aromatic N) is 1. The van der Waals surface area contributed by atoms with Crippen LogP contribution in [0.4, 0.5) is 4.39 Å². The Hall–Kier alpha value is -1.20. The lowest BCUT2D eigenvalue weighted by atomic mass is 10.1. The van der Waals surface area contributed by atoms with Crippen LogP contribution >= 0.6 is 15.9 Å². The van der Waals surface area contributed by atoms with Gasteiger partial charge in [-0.2, -0.15) is 0 Å². The highest BCUT2D eigenvalue weighted by Crippen LogP contribution is 2.30. The summed E-state index contributed by atoms with van der Waals surface area (Å²) in [4.78, 5) is 3.95.